The summed E-state index contributed by atoms with van der Waals surface area (Å²) in [5, 5.41) is 8.96. The van der Waals surface area contributed by atoms with E-state index in [9.17, 15) is 0 Å². The van der Waals surface area contributed by atoms with Crippen molar-refractivity contribution < 1.29 is 4.42 Å². The molecule has 0 bridgehead atoms. The van der Waals surface area contributed by atoms with E-state index in [0.29, 0.717) is 17.6 Å². The van der Waals surface area contributed by atoms with Crippen LogP contribution < -0.4 is 0 Å². The summed E-state index contributed by atoms with van der Waals surface area (Å²) in [6.07, 6.45) is 0. The van der Waals surface area contributed by atoms with E-state index in [1.54, 1.807) is 0 Å². The van der Waals surface area contributed by atoms with Gasteiger partial charge in [0, 0.05) is 65.6 Å². The second-order valence-corrected chi connectivity index (χ2v) is 16.4. The van der Waals surface area contributed by atoms with Crippen molar-refractivity contribution in [3.63, 3.8) is 0 Å². The second kappa shape index (κ2) is 13.3. The monoisotopic (exact) mass is 818 g/mol. The normalized spacial score (nSPS) is 12.1. The average Bonchev–Trinajstić information content (AvgIpc) is 4.11. The molecular weight excluding hydrogens is 785 g/mol. The fraction of sp³-hybridized carbons (Fsp3) is 0. The minimum absolute atomic E-state index is 0.531. The van der Waals surface area contributed by atoms with E-state index in [4.69, 9.17) is 19.4 Å². The summed E-state index contributed by atoms with van der Waals surface area (Å²) < 4.78 is 13.4. The van der Waals surface area contributed by atoms with Gasteiger partial charge in [-0.25, -0.2) is 4.98 Å². The van der Waals surface area contributed by atoms with Crippen molar-refractivity contribution in [2.24, 2.45) is 0 Å². The summed E-state index contributed by atoms with van der Waals surface area (Å²) in [6.45, 7) is 0. The summed E-state index contributed by atoms with van der Waals surface area (Å²) in [4.78, 5) is 16.1. The fourth-order valence-electron chi connectivity index (χ4n) is 10.2. The van der Waals surface area contributed by atoms with Gasteiger partial charge in [0.2, 0.25) is 5.95 Å². The van der Waals surface area contributed by atoms with Gasteiger partial charge >= 0.3 is 0 Å². The highest BCUT2D eigenvalue weighted by Gasteiger charge is 2.25. The number of nitrogens with zero attached hydrogens (tertiary/aromatic N) is 6. The third-order valence-electron chi connectivity index (χ3n) is 12.9. The Balaban J connectivity index is 1.12. The molecule has 0 fully saturated rings. The van der Waals surface area contributed by atoms with E-state index in [-0.39, 0.29) is 0 Å². The molecule has 0 atom stereocenters. The summed E-state index contributed by atoms with van der Waals surface area (Å²) >= 11 is 0. The molecule has 0 aliphatic heterocycles. The minimum atomic E-state index is 0.531. The topological polar surface area (TPSA) is 66.6 Å². The Bertz CT molecular complexity index is 4140. The smallest absolute Gasteiger partial charge is 0.238 e. The minimum Gasteiger partial charge on any atom is -0.456 e. The van der Waals surface area contributed by atoms with Gasteiger partial charge in [-0.3, -0.25) is 4.57 Å². The third-order valence-corrected chi connectivity index (χ3v) is 12.9. The molecule has 9 aromatic carbocycles. The van der Waals surface area contributed by atoms with Gasteiger partial charge in [-0.05, 0) is 60.7 Å². The first-order chi connectivity index (χ1) is 31.8. The highest BCUT2D eigenvalue weighted by atomic mass is 16.3. The molecule has 0 unspecified atom stereocenters. The van der Waals surface area contributed by atoms with E-state index in [1.807, 2.05) is 48.5 Å². The largest absolute Gasteiger partial charge is 0.456 e. The van der Waals surface area contributed by atoms with Crippen molar-refractivity contribution in [1.82, 2.24) is 28.7 Å². The van der Waals surface area contributed by atoms with Crippen LogP contribution in [0, 0.1) is 0 Å². The molecule has 0 spiro atoms. The molecule has 14 aromatic rings. The average molecular weight is 819 g/mol. The number of hydrogen-bond acceptors (Lipinski definition) is 4. The van der Waals surface area contributed by atoms with Gasteiger partial charge in [-0.1, -0.05) is 146 Å². The molecular formula is C57H34N6O. The molecule has 5 heterocycles. The third kappa shape index (κ3) is 4.94. The van der Waals surface area contributed by atoms with Gasteiger partial charge in [-0.15, -0.1) is 0 Å². The molecule has 0 amide bonds. The van der Waals surface area contributed by atoms with Crippen molar-refractivity contribution in [2.75, 3.05) is 0 Å². The zero-order valence-corrected chi connectivity index (χ0v) is 34.2. The van der Waals surface area contributed by atoms with Gasteiger partial charge in [0.1, 0.15) is 11.2 Å². The Morgan fingerprint density at radius 1 is 0.328 bits per heavy atom. The maximum Gasteiger partial charge on any atom is 0.238 e. The van der Waals surface area contributed by atoms with Crippen LogP contribution in [0.4, 0.5) is 0 Å². The van der Waals surface area contributed by atoms with Crippen LogP contribution in [-0.2, 0) is 0 Å². The highest BCUT2D eigenvalue weighted by Crippen LogP contribution is 2.43. The van der Waals surface area contributed by atoms with Gasteiger partial charge in [-0.2, -0.15) is 9.97 Å². The van der Waals surface area contributed by atoms with Gasteiger partial charge in [0.15, 0.2) is 11.6 Å². The number of rotatable bonds is 5. The van der Waals surface area contributed by atoms with E-state index >= 15 is 0 Å². The predicted molar refractivity (Wildman–Crippen MR) is 261 cm³/mol. The van der Waals surface area contributed by atoms with Gasteiger partial charge in [0.05, 0.1) is 33.1 Å². The molecule has 0 aliphatic rings. The lowest BCUT2D eigenvalue weighted by Gasteiger charge is -2.13. The first kappa shape index (κ1) is 34.9. The van der Waals surface area contributed by atoms with Crippen LogP contribution in [0.5, 0.6) is 0 Å². The van der Waals surface area contributed by atoms with Crippen molar-refractivity contribution in [2.45, 2.75) is 0 Å². The van der Waals surface area contributed by atoms with Crippen molar-refractivity contribution in [1.29, 1.82) is 0 Å². The summed E-state index contributed by atoms with van der Waals surface area (Å²) in [5.41, 5.74) is 12.1. The van der Waals surface area contributed by atoms with Crippen molar-refractivity contribution in [3.05, 3.63) is 206 Å². The van der Waals surface area contributed by atoms with Crippen LogP contribution in [-0.4, -0.2) is 28.7 Å². The zero-order valence-electron chi connectivity index (χ0n) is 34.2. The molecule has 0 aliphatic carbocycles. The number of aromatic nitrogens is 6. The maximum atomic E-state index is 6.37. The number of fused-ring (bicyclic) bond motifs is 13. The molecule has 7 heteroatoms. The Hall–Kier alpha value is -8.81. The summed E-state index contributed by atoms with van der Waals surface area (Å²) in [5.74, 6) is 1.68. The SMILES string of the molecule is c1ccc(-c2nc(-c3cccc4oc5ccccc5c34)nc(-n3c4ccccc4c4ccc5c6cc(-n7c8ccccc8c8ccccc87)ccc6n(-c6ccccc6)c5c43)n2)cc1. The van der Waals surface area contributed by atoms with Crippen molar-refractivity contribution in [3.8, 4) is 40.1 Å². The molecule has 64 heavy (non-hydrogen) atoms. The Kier molecular flexibility index (Phi) is 7.27. The van der Waals surface area contributed by atoms with E-state index in [2.05, 4.69) is 171 Å². The zero-order chi connectivity index (χ0) is 41.9. The lowest BCUT2D eigenvalue weighted by atomic mass is 10.1. The summed E-state index contributed by atoms with van der Waals surface area (Å²) in [7, 11) is 0. The highest BCUT2D eigenvalue weighted by molar-refractivity contribution is 6.24. The number of para-hydroxylation sites is 5. The van der Waals surface area contributed by atoms with Gasteiger partial charge in [0.25, 0.3) is 0 Å². The number of furan rings is 1. The predicted octanol–water partition coefficient (Wildman–Crippen LogP) is 14.4. The van der Waals surface area contributed by atoms with E-state index in [0.717, 1.165) is 88.1 Å². The van der Waals surface area contributed by atoms with Crippen LogP contribution in [0.25, 0.3) is 127 Å². The van der Waals surface area contributed by atoms with Crippen molar-refractivity contribution >= 4 is 87.4 Å². The molecule has 0 N–H and O–H groups in total. The molecule has 14 rings (SSSR count). The van der Waals surface area contributed by atoms with Crippen LogP contribution in [0.2, 0.25) is 0 Å². The standard InChI is InChI=1S/C57H34N6O/c1-3-16-35(17-4-1)55-58-56(44-24-15-29-51-52(44)43-23-10-14-28-50(43)64-51)60-57(59-55)63-48-27-13-9-22-40(48)41-31-32-42-45-34-37(61-46-25-11-7-20-38(46)39-21-8-12-26-47(39)61)30-33-49(45)62(53(42)54(41)63)36-18-5-2-6-19-36/h1-34H. The molecule has 5 aromatic heterocycles. The van der Waals surface area contributed by atoms with E-state index in [1.165, 1.54) is 21.8 Å². The lowest BCUT2D eigenvalue weighted by molar-refractivity contribution is 0.669. The maximum absolute atomic E-state index is 6.37. The number of benzene rings is 9. The molecule has 0 saturated heterocycles. The van der Waals surface area contributed by atoms with Crippen LogP contribution in [0.1, 0.15) is 0 Å². The Labute approximate surface area is 365 Å². The van der Waals surface area contributed by atoms with Crippen LogP contribution in [0.15, 0.2) is 211 Å². The molecule has 0 saturated carbocycles. The Morgan fingerprint density at radius 2 is 0.875 bits per heavy atom. The summed E-state index contributed by atoms with van der Waals surface area (Å²) in [6, 6.07) is 72.6. The second-order valence-electron chi connectivity index (χ2n) is 16.4. The lowest BCUT2D eigenvalue weighted by Crippen LogP contribution is -2.07. The van der Waals surface area contributed by atoms with Gasteiger partial charge < -0.3 is 13.6 Å². The van der Waals surface area contributed by atoms with E-state index < -0.39 is 0 Å². The first-order valence-electron chi connectivity index (χ1n) is 21.5. The first-order valence-corrected chi connectivity index (χ1v) is 21.5. The Morgan fingerprint density at radius 3 is 1.61 bits per heavy atom. The number of hydrogen-bond donors (Lipinski definition) is 0. The van der Waals surface area contributed by atoms with Crippen LogP contribution >= 0.6 is 0 Å². The molecule has 298 valence electrons. The molecule has 7 nitrogen and oxygen atoms in total. The fourth-order valence-corrected chi connectivity index (χ4v) is 10.2. The quantitative estimate of drug-likeness (QED) is 0.173. The molecule has 0 radical (unpaired) electrons. The van der Waals surface area contributed by atoms with Crippen LogP contribution in [0.3, 0.4) is 0 Å².